The van der Waals surface area contributed by atoms with E-state index < -0.39 is 0 Å². The van der Waals surface area contributed by atoms with Crippen LogP contribution in [0.25, 0.3) is 0 Å². The standard InChI is InChI=1S/C5H5ClO/c6-4-1-2-5(7)3-4/h1-2,4H,3H2/t4-/m1/s1. The average molecular weight is 117 g/mol. The number of alkyl halides is 1. The molecule has 1 nitrogen and oxygen atoms in total. The lowest BCUT2D eigenvalue weighted by atomic mass is 10.3. The average Bonchev–Trinajstić information content (AvgIpc) is 1.87. The molecule has 1 rings (SSSR count). The summed E-state index contributed by atoms with van der Waals surface area (Å²) in [5.41, 5.74) is 0. The molecule has 0 N–H and O–H groups in total. The number of carbonyl (C=O) groups excluding carboxylic acids is 1. The molecule has 0 aromatic rings. The molecule has 0 aromatic heterocycles. The summed E-state index contributed by atoms with van der Waals surface area (Å²) in [5, 5.41) is -0.0347. The maximum absolute atomic E-state index is 10.3. The molecule has 38 valence electrons. The highest BCUT2D eigenvalue weighted by atomic mass is 35.5. The van der Waals surface area contributed by atoms with Gasteiger partial charge in [0.2, 0.25) is 0 Å². The quantitative estimate of drug-likeness (QED) is 0.434. The van der Waals surface area contributed by atoms with E-state index >= 15 is 0 Å². The van der Waals surface area contributed by atoms with E-state index in [1.165, 1.54) is 6.08 Å². The smallest absolute Gasteiger partial charge is 0.157 e. The van der Waals surface area contributed by atoms with Crippen LogP contribution in [0.5, 0.6) is 0 Å². The Morgan fingerprint density at radius 1 is 1.86 bits per heavy atom. The molecule has 7 heavy (non-hydrogen) atoms. The first kappa shape index (κ1) is 4.85. The van der Waals surface area contributed by atoms with Crippen molar-refractivity contribution in [2.24, 2.45) is 0 Å². The number of halogens is 1. The Bertz CT molecular complexity index is 117. The molecule has 0 amide bonds. The van der Waals surface area contributed by atoms with E-state index in [2.05, 4.69) is 0 Å². The third-order valence-electron chi connectivity index (χ3n) is 0.887. The van der Waals surface area contributed by atoms with Crippen molar-refractivity contribution >= 4 is 17.4 Å². The van der Waals surface area contributed by atoms with Crippen molar-refractivity contribution in [3.63, 3.8) is 0 Å². The number of hydrogen-bond donors (Lipinski definition) is 0. The first-order valence-corrected chi connectivity index (χ1v) is 2.58. The third-order valence-corrected chi connectivity index (χ3v) is 1.19. The van der Waals surface area contributed by atoms with Crippen LogP contribution in [-0.4, -0.2) is 11.2 Å². The van der Waals surface area contributed by atoms with Crippen LogP contribution < -0.4 is 0 Å². The van der Waals surface area contributed by atoms with Crippen molar-refractivity contribution in [2.75, 3.05) is 0 Å². The van der Waals surface area contributed by atoms with Gasteiger partial charge in [0.25, 0.3) is 0 Å². The van der Waals surface area contributed by atoms with Crippen LogP contribution >= 0.6 is 11.6 Å². The van der Waals surface area contributed by atoms with Crippen LogP contribution in [0.4, 0.5) is 0 Å². The van der Waals surface area contributed by atoms with Gasteiger partial charge in [0.1, 0.15) is 0 Å². The van der Waals surface area contributed by atoms with Gasteiger partial charge in [-0.25, -0.2) is 0 Å². The van der Waals surface area contributed by atoms with Gasteiger partial charge < -0.3 is 0 Å². The van der Waals surface area contributed by atoms with Gasteiger partial charge in [0.05, 0.1) is 5.38 Å². The Morgan fingerprint density at radius 2 is 2.57 bits per heavy atom. The molecule has 1 aliphatic carbocycles. The molecule has 0 unspecified atom stereocenters. The molecular weight excluding hydrogens is 112 g/mol. The van der Waals surface area contributed by atoms with Gasteiger partial charge in [-0.15, -0.1) is 11.6 Å². The van der Waals surface area contributed by atoms with E-state index in [1.807, 2.05) is 0 Å². The number of rotatable bonds is 0. The van der Waals surface area contributed by atoms with Crippen LogP contribution in [0.15, 0.2) is 12.2 Å². The summed E-state index contributed by atoms with van der Waals surface area (Å²) in [6.07, 6.45) is 3.73. The lowest BCUT2D eigenvalue weighted by molar-refractivity contribution is -0.113. The second-order valence-corrected chi connectivity index (χ2v) is 2.11. The van der Waals surface area contributed by atoms with Gasteiger partial charge >= 0.3 is 0 Å². The number of carbonyl (C=O) groups is 1. The Kier molecular flexibility index (Phi) is 1.15. The van der Waals surface area contributed by atoms with Gasteiger partial charge in [0, 0.05) is 6.42 Å². The van der Waals surface area contributed by atoms with E-state index in [4.69, 9.17) is 11.6 Å². The van der Waals surface area contributed by atoms with E-state index in [0.717, 1.165) is 0 Å². The topological polar surface area (TPSA) is 17.1 Å². The van der Waals surface area contributed by atoms with Gasteiger partial charge in [-0.05, 0) is 6.08 Å². The van der Waals surface area contributed by atoms with Crippen molar-refractivity contribution in [1.82, 2.24) is 0 Å². The largest absolute Gasteiger partial charge is 0.295 e. The van der Waals surface area contributed by atoms with E-state index in [-0.39, 0.29) is 11.2 Å². The van der Waals surface area contributed by atoms with Crippen LogP contribution in [-0.2, 0) is 4.79 Å². The molecule has 0 fully saturated rings. The maximum Gasteiger partial charge on any atom is 0.157 e. The highest BCUT2D eigenvalue weighted by Gasteiger charge is 2.11. The second kappa shape index (κ2) is 1.66. The summed E-state index contributed by atoms with van der Waals surface area (Å²) in [6, 6.07) is 0. The monoisotopic (exact) mass is 116 g/mol. The Morgan fingerprint density at radius 3 is 2.71 bits per heavy atom. The van der Waals surface area contributed by atoms with Gasteiger partial charge in [-0.1, -0.05) is 6.08 Å². The zero-order valence-corrected chi connectivity index (χ0v) is 4.48. The Balaban J connectivity index is 2.58. The summed E-state index contributed by atoms with van der Waals surface area (Å²) in [4.78, 5) is 10.3. The number of ketones is 1. The van der Waals surface area contributed by atoms with Crippen molar-refractivity contribution in [3.8, 4) is 0 Å². The minimum absolute atomic E-state index is 0.0347. The van der Waals surface area contributed by atoms with Crippen LogP contribution in [0.3, 0.4) is 0 Å². The van der Waals surface area contributed by atoms with Crippen LogP contribution in [0.2, 0.25) is 0 Å². The fourth-order valence-electron chi connectivity index (χ4n) is 0.540. The molecule has 1 aliphatic rings. The van der Waals surface area contributed by atoms with E-state index in [9.17, 15) is 4.79 Å². The molecule has 0 aliphatic heterocycles. The third kappa shape index (κ3) is 1.03. The zero-order valence-electron chi connectivity index (χ0n) is 3.73. The normalized spacial score (nSPS) is 29.3. The molecule has 1 atom stereocenters. The maximum atomic E-state index is 10.3. The number of hydrogen-bond acceptors (Lipinski definition) is 1. The summed E-state index contributed by atoms with van der Waals surface area (Å²) < 4.78 is 0. The van der Waals surface area contributed by atoms with Crippen LogP contribution in [0, 0.1) is 0 Å². The predicted molar refractivity (Wildman–Crippen MR) is 28.4 cm³/mol. The first-order valence-electron chi connectivity index (χ1n) is 2.14. The summed E-state index contributed by atoms with van der Waals surface area (Å²) in [7, 11) is 0. The van der Waals surface area contributed by atoms with E-state index in [0.29, 0.717) is 6.42 Å². The van der Waals surface area contributed by atoms with E-state index in [1.54, 1.807) is 6.08 Å². The molecular formula is C5H5ClO. The van der Waals surface area contributed by atoms with Crippen molar-refractivity contribution in [2.45, 2.75) is 11.8 Å². The lowest BCUT2D eigenvalue weighted by Gasteiger charge is -1.85. The van der Waals surface area contributed by atoms with Crippen molar-refractivity contribution in [3.05, 3.63) is 12.2 Å². The predicted octanol–water partition coefficient (Wildman–Crippen LogP) is 1.12. The first-order chi connectivity index (χ1) is 3.29. The molecule has 0 heterocycles. The van der Waals surface area contributed by atoms with Crippen molar-refractivity contribution < 1.29 is 4.79 Å². The van der Waals surface area contributed by atoms with Crippen molar-refractivity contribution in [1.29, 1.82) is 0 Å². The molecule has 0 saturated heterocycles. The molecule has 0 spiro atoms. The fourth-order valence-corrected chi connectivity index (χ4v) is 0.765. The highest BCUT2D eigenvalue weighted by molar-refractivity contribution is 6.24. The second-order valence-electron chi connectivity index (χ2n) is 1.55. The lowest BCUT2D eigenvalue weighted by Crippen LogP contribution is -1.91. The zero-order chi connectivity index (χ0) is 5.28. The summed E-state index contributed by atoms with van der Waals surface area (Å²) in [5.74, 6) is 0.139. The number of allylic oxidation sites excluding steroid dienone is 2. The summed E-state index contributed by atoms with van der Waals surface area (Å²) >= 11 is 5.50. The Labute approximate surface area is 47.0 Å². The SMILES string of the molecule is O=C1C=C[C@@H](Cl)C1. The molecule has 0 bridgehead atoms. The van der Waals surface area contributed by atoms with Crippen LogP contribution in [0.1, 0.15) is 6.42 Å². The highest BCUT2D eigenvalue weighted by Crippen LogP contribution is 2.11. The fraction of sp³-hybridized carbons (Fsp3) is 0.400. The molecule has 0 aromatic carbocycles. The summed E-state index contributed by atoms with van der Waals surface area (Å²) in [6.45, 7) is 0. The molecule has 0 saturated carbocycles. The molecule has 2 heteroatoms. The Hall–Kier alpha value is -0.300. The minimum atomic E-state index is -0.0347. The molecule has 0 radical (unpaired) electrons. The van der Waals surface area contributed by atoms with Gasteiger partial charge in [0.15, 0.2) is 5.78 Å². The van der Waals surface area contributed by atoms with Gasteiger partial charge in [-0.3, -0.25) is 4.79 Å². The minimum Gasteiger partial charge on any atom is -0.295 e. The van der Waals surface area contributed by atoms with Gasteiger partial charge in [-0.2, -0.15) is 0 Å².